The first-order valence-corrected chi connectivity index (χ1v) is 7.34. The molecule has 2 unspecified atom stereocenters. The van der Waals surface area contributed by atoms with Gasteiger partial charge in [-0.1, -0.05) is 37.6 Å². The summed E-state index contributed by atoms with van der Waals surface area (Å²) in [5, 5.41) is 0.551. The topological polar surface area (TPSA) is 37.3 Å². The lowest BCUT2D eigenvalue weighted by Gasteiger charge is -2.21. The maximum atomic E-state index is 12.4. The molecule has 0 aliphatic heterocycles. The average molecular weight is 238 g/mol. The van der Waals surface area contributed by atoms with E-state index in [0.29, 0.717) is 11.7 Å². The van der Waals surface area contributed by atoms with E-state index in [4.69, 9.17) is 0 Å². The molecule has 1 aromatic rings. The Morgan fingerprint density at radius 3 is 2.56 bits per heavy atom. The third-order valence-corrected chi connectivity index (χ3v) is 5.18. The number of allylic oxidation sites excluding steroid dienone is 1. The van der Waals surface area contributed by atoms with Gasteiger partial charge in [0.05, 0.1) is 0 Å². The first kappa shape index (κ1) is 13.2. The average Bonchev–Trinajstić information content (AvgIpc) is 2.30. The van der Waals surface area contributed by atoms with E-state index in [2.05, 4.69) is 6.58 Å². The van der Waals surface area contributed by atoms with Crippen LogP contribution in [0.15, 0.2) is 43.0 Å². The van der Waals surface area contributed by atoms with Crippen LogP contribution in [0.4, 0.5) is 0 Å². The summed E-state index contributed by atoms with van der Waals surface area (Å²) in [5.41, 5.74) is -0.197. The van der Waals surface area contributed by atoms with Gasteiger partial charge in [-0.15, -0.1) is 6.58 Å². The molecule has 0 fully saturated rings. The molecule has 0 radical (unpaired) electrons. The first-order valence-electron chi connectivity index (χ1n) is 5.62. The minimum Gasteiger partial charge on any atom is -0.341 e. The second-order valence-electron chi connectivity index (χ2n) is 3.93. The fourth-order valence-electron chi connectivity index (χ4n) is 1.81. The van der Waals surface area contributed by atoms with Gasteiger partial charge < -0.3 is 4.89 Å². The van der Waals surface area contributed by atoms with E-state index in [9.17, 15) is 9.46 Å². The van der Waals surface area contributed by atoms with Crippen LogP contribution in [0.5, 0.6) is 0 Å². The highest BCUT2D eigenvalue weighted by molar-refractivity contribution is 7.66. The zero-order chi connectivity index (χ0) is 12.0. The van der Waals surface area contributed by atoms with E-state index in [1.807, 2.05) is 13.0 Å². The van der Waals surface area contributed by atoms with Crippen LogP contribution in [-0.2, 0) is 4.57 Å². The van der Waals surface area contributed by atoms with Crippen LogP contribution in [-0.4, -0.2) is 10.6 Å². The van der Waals surface area contributed by atoms with E-state index in [1.165, 1.54) is 0 Å². The molecule has 0 aliphatic rings. The van der Waals surface area contributed by atoms with Crippen molar-refractivity contribution in [2.45, 2.75) is 31.8 Å². The van der Waals surface area contributed by atoms with Crippen LogP contribution in [0.25, 0.3) is 0 Å². The van der Waals surface area contributed by atoms with Gasteiger partial charge in [0.1, 0.15) is 0 Å². The zero-order valence-corrected chi connectivity index (χ0v) is 10.6. The van der Waals surface area contributed by atoms with Gasteiger partial charge in [-0.25, -0.2) is 0 Å². The standard InChI is InChI=1S/C13H19O2P/c1-3-8-12(9-4-2)16(14,15)13-10-6-5-7-11-13/h3,5-7,10-12H,1,4,8-9H2,2H3,(H,14,15). The van der Waals surface area contributed by atoms with Crippen LogP contribution in [0.1, 0.15) is 26.2 Å². The SMILES string of the molecule is C=CCC(CCC)P(=O)(O)c1ccccc1. The second-order valence-corrected chi connectivity index (χ2v) is 6.42. The predicted molar refractivity (Wildman–Crippen MR) is 69.4 cm³/mol. The largest absolute Gasteiger partial charge is 0.341 e. The Balaban J connectivity index is 2.97. The van der Waals surface area contributed by atoms with Crippen LogP contribution in [0.3, 0.4) is 0 Å². The molecule has 0 amide bonds. The lowest BCUT2D eigenvalue weighted by Crippen LogP contribution is -2.16. The molecule has 0 aromatic heterocycles. The molecule has 2 atom stereocenters. The molecular formula is C13H19O2P. The van der Waals surface area contributed by atoms with Gasteiger partial charge in [-0.2, -0.15) is 0 Å². The normalized spacial score (nSPS) is 16.4. The van der Waals surface area contributed by atoms with E-state index in [-0.39, 0.29) is 5.66 Å². The fraction of sp³-hybridized carbons (Fsp3) is 0.385. The number of benzene rings is 1. The quantitative estimate of drug-likeness (QED) is 0.609. The fourth-order valence-corrected chi connectivity index (χ4v) is 3.88. The van der Waals surface area contributed by atoms with Crippen LogP contribution in [0, 0.1) is 0 Å². The highest BCUT2D eigenvalue weighted by atomic mass is 31.2. The van der Waals surface area contributed by atoms with Crippen molar-refractivity contribution >= 4 is 12.7 Å². The van der Waals surface area contributed by atoms with Crippen molar-refractivity contribution in [3.63, 3.8) is 0 Å². The Morgan fingerprint density at radius 2 is 2.06 bits per heavy atom. The third-order valence-electron chi connectivity index (χ3n) is 2.68. The Kier molecular flexibility index (Phi) is 4.98. The molecule has 0 spiro atoms. The molecule has 1 rings (SSSR count). The van der Waals surface area contributed by atoms with Crippen LogP contribution >= 0.6 is 7.37 Å². The van der Waals surface area contributed by atoms with Gasteiger partial charge in [-0.3, -0.25) is 4.57 Å². The smallest absolute Gasteiger partial charge is 0.232 e. The number of hydrogen-bond acceptors (Lipinski definition) is 1. The lowest BCUT2D eigenvalue weighted by atomic mass is 10.2. The van der Waals surface area contributed by atoms with Crippen molar-refractivity contribution in [3.8, 4) is 0 Å². The minimum absolute atomic E-state index is 0.197. The summed E-state index contributed by atoms with van der Waals surface area (Å²) >= 11 is 0. The molecule has 16 heavy (non-hydrogen) atoms. The lowest BCUT2D eigenvalue weighted by molar-refractivity contribution is 0.468. The van der Waals surface area contributed by atoms with Crippen LogP contribution in [0.2, 0.25) is 0 Å². The first-order chi connectivity index (χ1) is 7.62. The Labute approximate surface area is 97.5 Å². The van der Waals surface area contributed by atoms with Crippen molar-refractivity contribution in [2.75, 3.05) is 0 Å². The van der Waals surface area contributed by atoms with Gasteiger partial charge in [0, 0.05) is 11.0 Å². The second kappa shape index (κ2) is 6.03. The van der Waals surface area contributed by atoms with Gasteiger partial charge in [-0.05, 0) is 25.0 Å². The molecular weight excluding hydrogens is 219 g/mol. The van der Waals surface area contributed by atoms with Crippen molar-refractivity contribution < 1.29 is 9.46 Å². The summed E-state index contributed by atoms with van der Waals surface area (Å²) in [5.74, 6) is 0. The summed E-state index contributed by atoms with van der Waals surface area (Å²) in [6.45, 7) is 5.69. The molecule has 1 aromatic carbocycles. The van der Waals surface area contributed by atoms with Crippen molar-refractivity contribution in [2.24, 2.45) is 0 Å². The molecule has 0 bridgehead atoms. The molecule has 88 valence electrons. The summed E-state index contributed by atoms with van der Waals surface area (Å²) in [6, 6.07) is 8.91. The van der Waals surface area contributed by atoms with E-state index in [1.54, 1.807) is 30.3 Å². The summed E-state index contributed by atoms with van der Waals surface area (Å²) < 4.78 is 12.4. The van der Waals surface area contributed by atoms with E-state index >= 15 is 0 Å². The zero-order valence-electron chi connectivity index (χ0n) is 9.67. The maximum absolute atomic E-state index is 12.4. The molecule has 0 saturated heterocycles. The third kappa shape index (κ3) is 3.07. The molecule has 1 N–H and O–H groups in total. The van der Waals surface area contributed by atoms with E-state index in [0.717, 1.165) is 12.8 Å². The monoisotopic (exact) mass is 238 g/mol. The number of rotatable bonds is 6. The Morgan fingerprint density at radius 1 is 1.44 bits per heavy atom. The molecule has 2 nitrogen and oxygen atoms in total. The summed E-state index contributed by atoms with van der Waals surface area (Å²) in [6.07, 6.45) is 3.99. The predicted octanol–water partition coefficient (Wildman–Crippen LogP) is 3.33. The van der Waals surface area contributed by atoms with Crippen molar-refractivity contribution in [1.82, 2.24) is 0 Å². The molecule has 0 aliphatic carbocycles. The minimum atomic E-state index is -3.26. The maximum Gasteiger partial charge on any atom is 0.232 e. The van der Waals surface area contributed by atoms with E-state index < -0.39 is 7.37 Å². The molecule has 0 saturated carbocycles. The van der Waals surface area contributed by atoms with Gasteiger partial charge in [0.2, 0.25) is 7.37 Å². The van der Waals surface area contributed by atoms with Gasteiger partial charge in [0.25, 0.3) is 0 Å². The van der Waals surface area contributed by atoms with Crippen molar-refractivity contribution in [1.29, 1.82) is 0 Å². The van der Waals surface area contributed by atoms with Gasteiger partial charge in [0.15, 0.2) is 0 Å². The summed E-state index contributed by atoms with van der Waals surface area (Å²) in [7, 11) is -3.26. The van der Waals surface area contributed by atoms with Gasteiger partial charge >= 0.3 is 0 Å². The Hall–Kier alpha value is -0.850. The number of hydrogen-bond donors (Lipinski definition) is 1. The van der Waals surface area contributed by atoms with Crippen molar-refractivity contribution in [3.05, 3.63) is 43.0 Å². The molecule has 3 heteroatoms. The highest BCUT2D eigenvalue weighted by Crippen LogP contribution is 2.48. The Bertz CT molecular complexity index is 373. The molecule has 0 heterocycles. The van der Waals surface area contributed by atoms with Crippen LogP contribution < -0.4 is 5.30 Å². The summed E-state index contributed by atoms with van der Waals surface area (Å²) in [4.78, 5) is 10.2. The highest BCUT2D eigenvalue weighted by Gasteiger charge is 2.30.